The lowest BCUT2D eigenvalue weighted by Crippen LogP contribution is -2.03. The van der Waals surface area contributed by atoms with Gasteiger partial charge < -0.3 is 15.4 Å². The summed E-state index contributed by atoms with van der Waals surface area (Å²) >= 11 is 0. The molecule has 0 saturated heterocycles. The number of nitrogens with one attached hydrogen (secondary N) is 2. The minimum atomic E-state index is -0.375. The first kappa shape index (κ1) is 16.4. The van der Waals surface area contributed by atoms with Crippen LogP contribution in [0.5, 0.6) is 0 Å². The van der Waals surface area contributed by atoms with Crippen molar-refractivity contribution in [1.29, 1.82) is 0 Å². The highest BCUT2D eigenvalue weighted by Gasteiger charge is 2.06. The summed E-state index contributed by atoms with van der Waals surface area (Å²) in [4.78, 5) is 15.8. The highest BCUT2D eigenvalue weighted by molar-refractivity contribution is 5.89. The van der Waals surface area contributed by atoms with Crippen LogP contribution in [0.3, 0.4) is 0 Å². The van der Waals surface area contributed by atoms with E-state index in [0.29, 0.717) is 17.3 Å². The van der Waals surface area contributed by atoms with E-state index in [4.69, 9.17) is 0 Å². The fourth-order valence-electron chi connectivity index (χ4n) is 2.22. The van der Waals surface area contributed by atoms with E-state index < -0.39 is 0 Å². The zero-order valence-electron chi connectivity index (χ0n) is 13.9. The first-order valence-corrected chi connectivity index (χ1v) is 7.63. The maximum absolute atomic E-state index is 11.4. The summed E-state index contributed by atoms with van der Waals surface area (Å²) in [6.07, 6.45) is 1.52. The van der Waals surface area contributed by atoms with Crippen LogP contribution in [0.4, 0.5) is 23.1 Å². The second-order valence-electron chi connectivity index (χ2n) is 5.35. The van der Waals surface area contributed by atoms with E-state index in [9.17, 15) is 4.79 Å². The van der Waals surface area contributed by atoms with E-state index in [0.717, 1.165) is 16.9 Å². The Bertz CT molecular complexity index is 881. The Morgan fingerprint density at radius 1 is 1.04 bits per heavy atom. The van der Waals surface area contributed by atoms with Gasteiger partial charge in [-0.15, -0.1) is 5.10 Å². The Hall–Kier alpha value is -3.48. The Labute approximate surface area is 145 Å². The van der Waals surface area contributed by atoms with Crippen LogP contribution in [-0.4, -0.2) is 28.3 Å². The molecule has 0 unspecified atom stereocenters. The Balaban J connectivity index is 1.72. The van der Waals surface area contributed by atoms with Gasteiger partial charge in [0.1, 0.15) is 0 Å². The summed E-state index contributed by atoms with van der Waals surface area (Å²) in [6, 6.07) is 14.8. The van der Waals surface area contributed by atoms with Crippen molar-refractivity contribution in [3.05, 3.63) is 65.9 Å². The molecule has 1 aromatic heterocycles. The topological polar surface area (TPSA) is 89.0 Å². The van der Waals surface area contributed by atoms with E-state index in [2.05, 4.69) is 30.6 Å². The highest BCUT2D eigenvalue weighted by atomic mass is 16.5. The van der Waals surface area contributed by atoms with E-state index in [1.54, 1.807) is 24.3 Å². The van der Waals surface area contributed by atoms with E-state index >= 15 is 0 Å². The normalized spacial score (nSPS) is 10.2. The molecule has 0 saturated carbocycles. The van der Waals surface area contributed by atoms with Gasteiger partial charge in [0, 0.05) is 11.4 Å². The third kappa shape index (κ3) is 4.29. The number of carbonyl (C=O) groups excluding carboxylic acids is 1. The van der Waals surface area contributed by atoms with Crippen molar-refractivity contribution in [3.8, 4) is 0 Å². The number of hydrogen-bond donors (Lipinski definition) is 2. The van der Waals surface area contributed by atoms with Crippen LogP contribution in [-0.2, 0) is 4.74 Å². The maximum atomic E-state index is 11.4. The van der Waals surface area contributed by atoms with Crippen LogP contribution in [0, 0.1) is 6.92 Å². The van der Waals surface area contributed by atoms with Crippen molar-refractivity contribution in [1.82, 2.24) is 15.2 Å². The highest BCUT2D eigenvalue weighted by Crippen LogP contribution is 2.18. The molecular formula is C18H17N5O2. The summed E-state index contributed by atoms with van der Waals surface area (Å²) in [7, 11) is 1.35. The summed E-state index contributed by atoms with van der Waals surface area (Å²) in [5.41, 5.74) is 3.28. The summed E-state index contributed by atoms with van der Waals surface area (Å²) < 4.78 is 4.68. The quantitative estimate of drug-likeness (QED) is 0.690. The standard InChI is InChI=1S/C18H17N5O2/c1-12-4-3-5-15(10-12)21-18-22-16(11-19-23-18)20-14-8-6-13(7-9-14)17(24)25-2/h3-11H,1-2H3,(H2,20,21,22,23). The third-order valence-corrected chi connectivity index (χ3v) is 3.41. The Morgan fingerprint density at radius 3 is 2.56 bits per heavy atom. The maximum Gasteiger partial charge on any atom is 0.337 e. The number of aromatic nitrogens is 3. The summed E-state index contributed by atoms with van der Waals surface area (Å²) in [5, 5.41) is 14.2. The van der Waals surface area contributed by atoms with Crippen LogP contribution in [0.15, 0.2) is 54.7 Å². The molecule has 0 aliphatic rings. The average Bonchev–Trinajstić information content (AvgIpc) is 2.62. The molecule has 0 aliphatic carbocycles. The molecular weight excluding hydrogens is 318 g/mol. The molecule has 0 atom stereocenters. The van der Waals surface area contributed by atoms with Crippen molar-refractivity contribution >= 4 is 29.1 Å². The number of carbonyl (C=O) groups is 1. The molecule has 0 fully saturated rings. The Morgan fingerprint density at radius 2 is 1.84 bits per heavy atom. The van der Waals surface area contributed by atoms with Gasteiger partial charge in [-0.1, -0.05) is 12.1 Å². The predicted octanol–water partition coefficient (Wildman–Crippen LogP) is 3.45. The first-order valence-electron chi connectivity index (χ1n) is 7.63. The fraction of sp³-hybridized carbons (Fsp3) is 0.111. The number of aryl methyl sites for hydroxylation is 1. The van der Waals surface area contributed by atoms with Crippen molar-refractivity contribution < 1.29 is 9.53 Å². The van der Waals surface area contributed by atoms with Gasteiger partial charge in [0.2, 0.25) is 5.95 Å². The van der Waals surface area contributed by atoms with Crippen LogP contribution in [0.1, 0.15) is 15.9 Å². The second-order valence-corrected chi connectivity index (χ2v) is 5.35. The van der Waals surface area contributed by atoms with Crippen molar-refractivity contribution in [2.75, 3.05) is 17.7 Å². The van der Waals surface area contributed by atoms with Gasteiger partial charge in [-0.25, -0.2) is 4.79 Å². The zero-order chi connectivity index (χ0) is 17.6. The summed E-state index contributed by atoms with van der Waals surface area (Å²) in [6.45, 7) is 2.01. The number of anilines is 4. The molecule has 2 N–H and O–H groups in total. The van der Waals surface area contributed by atoms with E-state index in [1.165, 1.54) is 13.3 Å². The zero-order valence-corrected chi connectivity index (χ0v) is 13.9. The monoisotopic (exact) mass is 335 g/mol. The second kappa shape index (κ2) is 7.39. The lowest BCUT2D eigenvalue weighted by molar-refractivity contribution is 0.0601. The number of hydrogen-bond acceptors (Lipinski definition) is 7. The van der Waals surface area contributed by atoms with Crippen LogP contribution in [0.2, 0.25) is 0 Å². The van der Waals surface area contributed by atoms with Crippen LogP contribution >= 0.6 is 0 Å². The number of nitrogens with zero attached hydrogens (tertiary/aromatic N) is 3. The van der Waals surface area contributed by atoms with Crippen LogP contribution < -0.4 is 10.6 Å². The van der Waals surface area contributed by atoms with Gasteiger partial charge in [0.15, 0.2) is 5.82 Å². The molecule has 0 bridgehead atoms. The molecule has 1 heterocycles. The molecule has 0 spiro atoms. The molecule has 0 amide bonds. The van der Waals surface area contributed by atoms with Gasteiger partial charge in [0.25, 0.3) is 0 Å². The lowest BCUT2D eigenvalue weighted by Gasteiger charge is -2.08. The van der Waals surface area contributed by atoms with Gasteiger partial charge in [-0.05, 0) is 48.9 Å². The fourth-order valence-corrected chi connectivity index (χ4v) is 2.22. The predicted molar refractivity (Wildman–Crippen MR) is 95.4 cm³/mol. The minimum Gasteiger partial charge on any atom is -0.465 e. The molecule has 0 aliphatic heterocycles. The van der Waals surface area contributed by atoms with Crippen molar-refractivity contribution in [3.63, 3.8) is 0 Å². The number of methoxy groups -OCH3 is 1. The van der Waals surface area contributed by atoms with Crippen LogP contribution in [0.25, 0.3) is 0 Å². The van der Waals surface area contributed by atoms with E-state index in [-0.39, 0.29) is 5.97 Å². The van der Waals surface area contributed by atoms with Gasteiger partial charge in [0.05, 0.1) is 18.9 Å². The molecule has 3 rings (SSSR count). The average molecular weight is 335 g/mol. The third-order valence-electron chi connectivity index (χ3n) is 3.41. The summed E-state index contributed by atoms with van der Waals surface area (Å²) in [5.74, 6) is 0.553. The molecule has 2 aromatic carbocycles. The lowest BCUT2D eigenvalue weighted by atomic mass is 10.2. The molecule has 3 aromatic rings. The molecule has 7 nitrogen and oxygen atoms in total. The number of rotatable bonds is 5. The number of benzene rings is 2. The Kier molecular flexibility index (Phi) is 4.84. The minimum absolute atomic E-state index is 0.375. The number of ether oxygens (including phenoxy) is 1. The van der Waals surface area contributed by atoms with Crippen molar-refractivity contribution in [2.45, 2.75) is 6.92 Å². The van der Waals surface area contributed by atoms with Gasteiger partial charge in [-0.3, -0.25) is 0 Å². The molecule has 0 radical (unpaired) electrons. The van der Waals surface area contributed by atoms with Gasteiger partial charge in [-0.2, -0.15) is 10.1 Å². The SMILES string of the molecule is COC(=O)c1ccc(Nc2cnnc(Nc3cccc(C)c3)n2)cc1. The molecule has 126 valence electrons. The smallest absolute Gasteiger partial charge is 0.337 e. The largest absolute Gasteiger partial charge is 0.465 e. The van der Waals surface area contributed by atoms with Gasteiger partial charge >= 0.3 is 5.97 Å². The first-order chi connectivity index (χ1) is 12.1. The van der Waals surface area contributed by atoms with Crippen molar-refractivity contribution in [2.24, 2.45) is 0 Å². The van der Waals surface area contributed by atoms with E-state index in [1.807, 2.05) is 31.2 Å². The molecule has 25 heavy (non-hydrogen) atoms. The molecule has 7 heteroatoms. The number of esters is 1.